The molecule has 27 heavy (non-hydrogen) atoms. The van der Waals surface area contributed by atoms with Crippen LogP contribution in [0.25, 0.3) is 0 Å². The zero-order chi connectivity index (χ0) is 19.2. The fraction of sp³-hybridized carbons (Fsp3) is 0.400. The van der Waals surface area contributed by atoms with Crippen LogP contribution in [0.1, 0.15) is 27.0 Å². The van der Waals surface area contributed by atoms with E-state index in [0.29, 0.717) is 10.6 Å². The lowest BCUT2D eigenvalue weighted by molar-refractivity contribution is -0.119. The summed E-state index contributed by atoms with van der Waals surface area (Å²) in [5, 5.41) is 2.75. The number of ether oxygens (including phenoxy) is 2. The number of morpholine rings is 1. The number of rotatable bonds is 6. The van der Waals surface area contributed by atoms with Crippen molar-refractivity contribution in [3.05, 3.63) is 45.6 Å². The van der Waals surface area contributed by atoms with Crippen molar-refractivity contribution in [2.24, 2.45) is 0 Å². The second kappa shape index (κ2) is 9.01. The first kappa shape index (κ1) is 19.4. The van der Waals surface area contributed by atoms with Crippen LogP contribution in [-0.2, 0) is 20.7 Å². The van der Waals surface area contributed by atoms with Crippen molar-refractivity contribution in [2.75, 3.05) is 43.1 Å². The van der Waals surface area contributed by atoms with Gasteiger partial charge in [-0.1, -0.05) is 6.92 Å². The maximum atomic E-state index is 12.1. The molecule has 0 radical (unpaired) electrons. The number of thiophene rings is 1. The highest BCUT2D eigenvalue weighted by Gasteiger charge is 2.15. The van der Waals surface area contributed by atoms with E-state index >= 15 is 0 Å². The van der Waals surface area contributed by atoms with E-state index in [1.807, 2.05) is 44.2 Å². The van der Waals surface area contributed by atoms with Gasteiger partial charge in [0.05, 0.1) is 13.2 Å². The van der Waals surface area contributed by atoms with Gasteiger partial charge >= 0.3 is 5.97 Å². The fourth-order valence-electron chi connectivity index (χ4n) is 2.95. The van der Waals surface area contributed by atoms with Crippen LogP contribution in [0.3, 0.4) is 0 Å². The van der Waals surface area contributed by atoms with Gasteiger partial charge in [-0.15, -0.1) is 11.3 Å². The van der Waals surface area contributed by atoms with E-state index in [9.17, 15) is 9.59 Å². The summed E-state index contributed by atoms with van der Waals surface area (Å²) < 4.78 is 10.5. The van der Waals surface area contributed by atoms with Crippen LogP contribution >= 0.6 is 11.3 Å². The van der Waals surface area contributed by atoms with Gasteiger partial charge in [0.1, 0.15) is 4.88 Å². The lowest BCUT2D eigenvalue weighted by Crippen LogP contribution is -2.36. The van der Waals surface area contributed by atoms with Crippen LogP contribution in [0.5, 0.6) is 0 Å². The number of amides is 1. The van der Waals surface area contributed by atoms with Gasteiger partial charge < -0.3 is 19.7 Å². The van der Waals surface area contributed by atoms with E-state index in [1.54, 1.807) is 0 Å². The average Bonchev–Trinajstić information content (AvgIpc) is 3.08. The summed E-state index contributed by atoms with van der Waals surface area (Å²) >= 11 is 1.40. The summed E-state index contributed by atoms with van der Waals surface area (Å²) in [7, 11) is 0. The Labute approximate surface area is 163 Å². The second-order valence-corrected chi connectivity index (χ2v) is 7.57. The normalized spacial score (nSPS) is 14.1. The summed E-state index contributed by atoms with van der Waals surface area (Å²) in [6.07, 6.45) is 0.872. The van der Waals surface area contributed by atoms with Gasteiger partial charge in [-0.05, 0) is 49.2 Å². The van der Waals surface area contributed by atoms with Crippen LogP contribution in [0.15, 0.2) is 30.3 Å². The van der Waals surface area contributed by atoms with E-state index in [4.69, 9.17) is 9.47 Å². The number of aryl methyl sites for hydroxylation is 2. The van der Waals surface area contributed by atoms with E-state index < -0.39 is 5.97 Å². The second-order valence-electron chi connectivity index (χ2n) is 6.32. The number of anilines is 2. The number of benzene rings is 1. The molecule has 0 aliphatic carbocycles. The summed E-state index contributed by atoms with van der Waals surface area (Å²) in [6, 6.07) is 9.47. The van der Waals surface area contributed by atoms with Crippen LogP contribution < -0.4 is 10.2 Å². The van der Waals surface area contributed by atoms with E-state index in [-0.39, 0.29) is 12.5 Å². The molecule has 0 bridgehead atoms. The molecule has 1 aliphatic heterocycles. The Morgan fingerprint density at radius 2 is 1.93 bits per heavy atom. The SMILES string of the molecule is CCc1cc(C(=O)OCC(=O)Nc2ccc(N3CCOCC3)cc2)sc1C. The van der Waals surface area contributed by atoms with Gasteiger partial charge in [0.25, 0.3) is 5.91 Å². The van der Waals surface area contributed by atoms with Crippen molar-refractivity contribution in [3.63, 3.8) is 0 Å². The highest BCUT2D eigenvalue weighted by Crippen LogP contribution is 2.23. The van der Waals surface area contributed by atoms with Gasteiger partial charge in [-0.3, -0.25) is 4.79 Å². The van der Waals surface area contributed by atoms with E-state index in [1.165, 1.54) is 11.3 Å². The average molecular weight is 388 g/mol. The molecule has 0 saturated carbocycles. The molecule has 1 aliphatic rings. The summed E-state index contributed by atoms with van der Waals surface area (Å²) in [5.41, 5.74) is 2.91. The minimum Gasteiger partial charge on any atom is -0.451 e. The topological polar surface area (TPSA) is 67.9 Å². The van der Waals surface area contributed by atoms with Crippen molar-refractivity contribution in [3.8, 4) is 0 Å². The Morgan fingerprint density at radius 3 is 2.56 bits per heavy atom. The third kappa shape index (κ3) is 5.08. The van der Waals surface area contributed by atoms with Crippen molar-refractivity contribution in [1.29, 1.82) is 0 Å². The van der Waals surface area contributed by atoms with Crippen molar-refractivity contribution in [2.45, 2.75) is 20.3 Å². The minimum atomic E-state index is -0.458. The molecule has 7 heteroatoms. The molecule has 1 fully saturated rings. The van der Waals surface area contributed by atoms with Gasteiger partial charge in [0.2, 0.25) is 0 Å². The zero-order valence-corrected chi connectivity index (χ0v) is 16.4. The number of carbonyl (C=O) groups is 2. The number of esters is 1. The van der Waals surface area contributed by atoms with Gasteiger partial charge in [0.15, 0.2) is 6.61 Å². The number of nitrogens with zero attached hydrogens (tertiary/aromatic N) is 1. The third-order valence-electron chi connectivity index (χ3n) is 4.46. The molecule has 0 spiro atoms. The predicted octanol–water partition coefficient (Wildman–Crippen LogP) is 3.25. The highest BCUT2D eigenvalue weighted by molar-refractivity contribution is 7.14. The lowest BCUT2D eigenvalue weighted by Gasteiger charge is -2.28. The van der Waals surface area contributed by atoms with Gasteiger partial charge in [-0.2, -0.15) is 0 Å². The smallest absolute Gasteiger partial charge is 0.348 e. The molecule has 2 heterocycles. The molecular weight excluding hydrogens is 364 g/mol. The summed E-state index contributed by atoms with van der Waals surface area (Å²) in [6.45, 7) is 6.91. The first-order valence-corrected chi connectivity index (χ1v) is 9.87. The van der Waals surface area contributed by atoms with Crippen LogP contribution in [0.4, 0.5) is 11.4 Å². The molecule has 1 saturated heterocycles. The van der Waals surface area contributed by atoms with Crippen molar-refractivity contribution < 1.29 is 19.1 Å². The standard InChI is InChI=1S/C20H24N2O4S/c1-3-15-12-18(27-14(15)2)20(24)26-13-19(23)21-16-4-6-17(7-5-16)22-8-10-25-11-9-22/h4-7,12H,3,8-11,13H2,1-2H3,(H,21,23). The first-order chi connectivity index (χ1) is 13.1. The molecular formula is C20H24N2O4S. The Kier molecular flexibility index (Phi) is 6.47. The summed E-state index contributed by atoms with van der Waals surface area (Å²) in [5.74, 6) is -0.813. The fourth-order valence-corrected chi connectivity index (χ4v) is 3.96. The molecule has 0 unspecified atom stereocenters. The maximum absolute atomic E-state index is 12.1. The van der Waals surface area contributed by atoms with Crippen LogP contribution in [0, 0.1) is 6.92 Å². The number of hydrogen-bond donors (Lipinski definition) is 1. The molecule has 1 amide bonds. The van der Waals surface area contributed by atoms with E-state index in [2.05, 4.69) is 10.2 Å². The van der Waals surface area contributed by atoms with Gasteiger partial charge in [0, 0.05) is 29.3 Å². The third-order valence-corrected chi connectivity index (χ3v) is 5.54. The Hall–Kier alpha value is -2.38. The Morgan fingerprint density at radius 1 is 1.22 bits per heavy atom. The molecule has 6 nitrogen and oxygen atoms in total. The van der Waals surface area contributed by atoms with Crippen LogP contribution in [0.2, 0.25) is 0 Å². The zero-order valence-electron chi connectivity index (χ0n) is 15.6. The molecule has 0 atom stereocenters. The molecule has 3 rings (SSSR count). The lowest BCUT2D eigenvalue weighted by atomic mass is 10.2. The molecule has 1 aromatic heterocycles. The maximum Gasteiger partial charge on any atom is 0.348 e. The summed E-state index contributed by atoms with van der Waals surface area (Å²) in [4.78, 5) is 28.0. The van der Waals surface area contributed by atoms with Gasteiger partial charge in [-0.25, -0.2) is 4.79 Å². The highest BCUT2D eigenvalue weighted by atomic mass is 32.1. The number of nitrogens with one attached hydrogen (secondary N) is 1. The molecule has 1 aromatic carbocycles. The number of carbonyl (C=O) groups excluding carboxylic acids is 2. The largest absolute Gasteiger partial charge is 0.451 e. The van der Waals surface area contributed by atoms with Crippen molar-refractivity contribution in [1.82, 2.24) is 0 Å². The Balaban J connectivity index is 1.49. The predicted molar refractivity (Wildman–Crippen MR) is 107 cm³/mol. The first-order valence-electron chi connectivity index (χ1n) is 9.06. The number of hydrogen-bond acceptors (Lipinski definition) is 6. The minimum absolute atomic E-state index is 0.303. The Bertz CT molecular complexity index is 795. The van der Waals surface area contributed by atoms with Crippen LogP contribution in [-0.4, -0.2) is 44.8 Å². The van der Waals surface area contributed by atoms with Crippen molar-refractivity contribution >= 4 is 34.6 Å². The quantitative estimate of drug-likeness (QED) is 0.770. The molecule has 2 aromatic rings. The monoisotopic (exact) mass is 388 g/mol. The molecule has 1 N–H and O–H groups in total. The molecule has 144 valence electrons. The van der Waals surface area contributed by atoms with E-state index in [0.717, 1.165) is 48.9 Å².